The summed E-state index contributed by atoms with van der Waals surface area (Å²) in [5.74, 6) is -0.170. The molecule has 0 bridgehead atoms. The Morgan fingerprint density at radius 1 is 1.22 bits per heavy atom. The van der Waals surface area contributed by atoms with Gasteiger partial charge in [0.05, 0.1) is 15.8 Å². The maximum absolute atomic E-state index is 12.7. The lowest BCUT2D eigenvalue weighted by molar-refractivity contribution is -0.137. The number of benzene rings is 1. The van der Waals surface area contributed by atoms with E-state index < -0.39 is 17.0 Å². The molecule has 27 heavy (non-hydrogen) atoms. The maximum Gasteiger partial charge on any atom is 0.417 e. The van der Waals surface area contributed by atoms with Crippen LogP contribution in [0.1, 0.15) is 35.3 Å². The number of ketones is 1. The summed E-state index contributed by atoms with van der Waals surface area (Å²) in [6.07, 6.45) is -2.97. The highest BCUT2D eigenvalue weighted by Gasteiger charge is 2.31. The first-order chi connectivity index (χ1) is 12.7. The Morgan fingerprint density at radius 2 is 1.96 bits per heavy atom. The highest BCUT2D eigenvalue weighted by molar-refractivity contribution is 8.00. The minimum atomic E-state index is -4.43. The fourth-order valence-electron chi connectivity index (χ4n) is 2.97. The van der Waals surface area contributed by atoms with E-state index in [-0.39, 0.29) is 11.7 Å². The Morgan fingerprint density at radius 3 is 2.56 bits per heavy atom. The Labute approximate surface area is 158 Å². The molecule has 0 aliphatic carbocycles. The molecule has 1 aliphatic rings. The van der Waals surface area contributed by atoms with Crippen LogP contribution in [0.2, 0.25) is 0 Å². The number of fused-ring (bicyclic) bond motifs is 1. The highest BCUT2D eigenvalue weighted by Crippen LogP contribution is 2.32. The summed E-state index contributed by atoms with van der Waals surface area (Å²) in [4.78, 5) is 29.8. The van der Waals surface area contributed by atoms with Crippen LogP contribution < -0.4 is 4.90 Å². The number of thioether (sulfide) groups is 1. The molecule has 0 saturated heterocycles. The molecular formula is C19H17F3N2O2S. The number of hydrogen-bond acceptors (Lipinski definition) is 4. The van der Waals surface area contributed by atoms with Crippen molar-refractivity contribution in [2.75, 3.05) is 11.4 Å². The lowest BCUT2D eigenvalue weighted by Gasteiger charge is -2.15. The van der Waals surface area contributed by atoms with Gasteiger partial charge in [0.2, 0.25) is 5.91 Å². The molecule has 2 aromatic rings. The summed E-state index contributed by atoms with van der Waals surface area (Å²) in [6.45, 7) is 3.80. The quantitative estimate of drug-likeness (QED) is 0.571. The first-order valence-corrected chi connectivity index (χ1v) is 9.20. The van der Waals surface area contributed by atoms with Gasteiger partial charge in [0.25, 0.3) is 0 Å². The summed E-state index contributed by atoms with van der Waals surface area (Å²) in [7, 11) is 0. The van der Waals surface area contributed by atoms with Crippen molar-refractivity contribution in [3.8, 4) is 0 Å². The molecule has 1 aromatic heterocycles. The standard InChI is InChI=1S/C19H17F3N2O2S/c1-11(27-17-6-4-15(10-23-17)19(20,21)22)18(26)14-3-5-16-13(9-14)7-8-24(16)12(2)25/h3-6,9-11H,7-8H2,1-2H3/t11-/m0/s1. The molecule has 2 heterocycles. The fourth-order valence-corrected chi connectivity index (χ4v) is 3.83. The average Bonchev–Trinajstić information content (AvgIpc) is 3.04. The van der Waals surface area contributed by atoms with Crippen molar-refractivity contribution in [3.63, 3.8) is 0 Å². The number of carbonyl (C=O) groups excluding carboxylic acids is 2. The third-order valence-electron chi connectivity index (χ3n) is 4.37. The predicted molar refractivity (Wildman–Crippen MR) is 97.1 cm³/mol. The van der Waals surface area contributed by atoms with Crippen LogP contribution in [0.4, 0.5) is 18.9 Å². The largest absolute Gasteiger partial charge is 0.417 e. The van der Waals surface area contributed by atoms with E-state index in [4.69, 9.17) is 0 Å². The number of anilines is 1. The minimum Gasteiger partial charge on any atom is -0.312 e. The van der Waals surface area contributed by atoms with Crippen molar-refractivity contribution < 1.29 is 22.8 Å². The number of pyridine rings is 1. The molecule has 0 unspecified atom stereocenters. The number of rotatable bonds is 4. The number of nitrogens with zero attached hydrogens (tertiary/aromatic N) is 2. The van der Waals surface area contributed by atoms with Crippen LogP contribution in [-0.4, -0.2) is 28.5 Å². The van der Waals surface area contributed by atoms with E-state index in [1.165, 1.54) is 13.0 Å². The monoisotopic (exact) mass is 394 g/mol. The van der Waals surface area contributed by atoms with Crippen molar-refractivity contribution in [1.82, 2.24) is 4.98 Å². The number of amides is 1. The lowest BCUT2D eigenvalue weighted by Crippen LogP contribution is -2.25. The van der Waals surface area contributed by atoms with Gasteiger partial charge in [-0.3, -0.25) is 9.59 Å². The summed E-state index contributed by atoms with van der Waals surface area (Å²) in [6, 6.07) is 7.46. The molecule has 0 spiro atoms. The highest BCUT2D eigenvalue weighted by atomic mass is 32.2. The molecule has 1 aliphatic heterocycles. The molecule has 0 N–H and O–H groups in total. The molecule has 8 heteroatoms. The Kier molecular flexibility index (Phi) is 5.28. The normalized spacial score (nSPS) is 14.8. The Balaban J connectivity index is 1.72. The van der Waals surface area contributed by atoms with Gasteiger partial charge in [-0.2, -0.15) is 13.2 Å². The molecule has 1 atom stereocenters. The second-order valence-corrected chi connectivity index (χ2v) is 7.63. The Bertz CT molecular complexity index is 882. The summed E-state index contributed by atoms with van der Waals surface area (Å²) in [5, 5.41) is -0.148. The molecule has 0 radical (unpaired) electrons. The maximum atomic E-state index is 12.7. The SMILES string of the molecule is CC(=O)N1CCc2cc(C(=O)[C@H](C)Sc3ccc(C(F)(F)F)cn3)ccc21. The Hall–Kier alpha value is -2.35. The predicted octanol–water partition coefficient (Wildman–Crippen LogP) is 4.37. The third kappa shape index (κ3) is 4.16. The van der Waals surface area contributed by atoms with Crippen LogP contribution in [-0.2, 0) is 17.4 Å². The van der Waals surface area contributed by atoms with E-state index in [1.807, 2.05) is 0 Å². The van der Waals surface area contributed by atoms with Crippen molar-refractivity contribution in [1.29, 1.82) is 0 Å². The van der Waals surface area contributed by atoms with Crippen LogP contribution in [0.15, 0.2) is 41.6 Å². The summed E-state index contributed by atoms with van der Waals surface area (Å²) in [5.41, 5.74) is 1.47. The molecule has 3 rings (SSSR count). The lowest BCUT2D eigenvalue weighted by atomic mass is 10.0. The first kappa shape index (κ1) is 19.4. The topological polar surface area (TPSA) is 50.3 Å². The molecule has 1 amide bonds. The van der Waals surface area contributed by atoms with E-state index in [9.17, 15) is 22.8 Å². The van der Waals surface area contributed by atoms with Gasteiger partial charge in [0.15, 0.2) is 5.78 Å². The number of hydrogen-bond donors (Lipinski definition) is 0. The van der Waals surface area contributed by atoms with Gasteiger partial charge >= 0.3 is 6.18 Å². The van der Waals surface area contributed by atoms with Gasteiger partial charge in [-0.1, -0.05) is 11.8 Å². The average molecular weight is 394 g/mol. The van der Waals surface area contributed by atoms with Crippen molar-refractivity contribution >= 4 is 29.1 Å². The molecule has 1 aromatic carbocycles. The number of carbonyl (C=O) groups is 2. The van der Waals surface area contributed by atoms with Gasteiger partial charge in [0, 0.05) is 30.9 Å². The molecular weight excluding hydrogens is 377 g/mol. The second-order valence-electron chi connectivity index (χ2n) is 6.27. The first-order valence-electron chi connectivity index (χ1n) is 8.32. The molecule has 142 valence electrons. The van der Waals surface area contributed by atoms with Gasteiger partial charge in [-0.05, 0) is 49.2 Å². The molecule has 0 saturated carbocycles. The number of aromatic nitrogens is 1. The van der Waals surface area contributed by atoms with Crippen molar-refractivity contribution in [3.05, 3.63) is 53.2 Å². The van der Waals surface area contributed by atoms with Crippen LogP contribution in [0.5, 0.6) is 0 Å². The smallest absolute Gasteiger partial charge is 0.312 e. The fraction of sp³-hybridized carbons (Fsp3) is 0.316. The third-order valence-corrected chi connectivity index (χ3v) is 5.42. The van der Waals surface area contributed by atoms with Crippen LogP contribution >= 0.6 is 11.8 Å². The zero-order chi connectivity index (χ0) is 19.8. The van der Waals surface area contributed by atoms with E-state index in [0.29, 0.717) is 23.6 Å². The zero-order valence-corrected chi connectivity index (χ0v) is 15.5. The molecule has 4 nitrogen and oxygen atoms in total. The van der Waals surface area contributed by atoms with E-state index in [2.05, 4.69) is 4.98 Å². The van der Waals surface area contributed by atoms with Gasteiger partial charge in [-0.15, -0.1) is 0 Å². The second kappa shape index (κ2) is 7.34. The van der Waals surface area contributed by atoms with Crippen LogP contribution in [0.25, 0.3) is 0 Å². The van der Waals surface area contributed by atoms with Crippen LogP contribution in [0, 0.1) is 0 Å². The molecule has 0 fully saturated rings. The van der Waals surface area contributed by atoms with Gasteiger partial charge in [0.1, 0.15) is 0 Å². The number of Topliss-reactive ketones (excluding diaryl/α,β-unsaturated/α-hetero) is 1. The van der Waals surface area contributed by atoms with Gasteiger partial charge < -0.3 is 4.90 Å². The minimum absolute atomic E-state index is 0.0369. The van der Waals surface area contributed by atoms with E-state index in [1.54, 1.807) is 30.0 Å². The van der Waals surface area contributed by atoms with Crippen molar-refractivity contribution in [2.45, 2.75) is 36.7 Å². The summed E-state index contributed by atoms with van der Waals surface area (Å²) >= 11 is 1.11. The zero-order valence-electron chi connectivity index (χ0n) is 14.7. The summed E-state index contributed by atoms with van der Waals surface area (Å²) < 4.78 is 37.8. The van der Waals surface area contributed by atoms with Crippen molar-refractivity contribution in [2.24, 2.45) is 0 Å². The van der Waals surface area contributed by atoms with E-state index in [0.717, 1.165) is 35.3 Å². The van der Waals surface area contributed by atoms with Crippen LogP contribution in [0.3, 0.4) is 0 Å². The number of alkyl halides is 3. The van der Waals surface area contributed by atoms with E-state index >= 15 is 0 Å². The number of halogens is 3. The van der Waals surface area contributed by atoms with Gasteiger partial charge in [-0.25, -0.2) is 4.98 Å².